The van der Waals surface area contributed by atoms with Crippen LogP contribution in [0.15, 0.2) is 22.6 Å². The van der Waals surface area contributed by atoms with E-state index < -0.39 is 0 Å². The minimum atomic E-state index is -0.0105. The lowest BCUT2D eigenvalue weighted by Gasteiger charge is -2.20. The number of thiophene rings is 1. The first-order valence-corrected chi connectivity index (χ1v) is 5.84. The van der Waals surface area contributed by atoms with Crippen molar-refractivity contribution < 1.29 is 4.79 Å². The van der Waals surface area contributed by atoms with Crippen LogP contribution in [0.3, 0.4) is 0 Å². The van der Waals surface area contributed by atoms with Gasteiger partial charge in [-0.2, -0.15) is 5.10 Å². The summed E-state index contributed by atoms with van der Waals surface area (Å²) >= 11 is 1.66. The second-order valence-electron chi connectivity index (χ2n) is 4.59. The molecule has 0 bridgehead atoms. The van der Waals surface area contributed by atoms with Crippen molar-refractivity contribution in [1.29, 1.82) is 0 Å². The summed E-state index contributed by atoms with van der Waals surface area (Å²) in [7, 11) is 0. The maximum absolute atomic E-state index is 11.4. The summed E-state index contributed by atoms with van der Waals surface area (Å²) in [5.74, 6) is 0.00607. The van der Waals surface area contributed by atoms with Crippen molar-refractivity contribution in [3.63, 3.8) is 0 Å². The molecule has 0 radical (unpaired) electrons. The lowest BCUT2D eigenvalue weighted by Crippen LogP contribution is -2.22. The molecule has 1 aliphatic rings. The van der Waals surface area contributed by atoms with Gasteiger partial charge in [-0.1, -0.05) is 19.9 Å². The van der Waals surface area contributed by atoms with Crippen LogP contribution in [0.1, 0.15) is 31.6 Å². The van der Waals surface area contributed by atoms with Crippen LogP contribution < -0.4 is 5.43 Å². The van der Waals surface area contributed by atoms with Gasteiger partial charge in [0.1, 0.15) is 0 Å². The molecule has 15 heavy (non-hydrogen) atoms. The van der Waals surface area contributed by atoms with Crippen LogP contribution in [0, 0.1) is 5.41 Å². The highest BCUT2D eigenvalue weighted by Gasteiger charge is 2.27. The average Bonchev–Trinajstić information content (AvgIpc) is 2.59. The molecule has 0 fully saturated rings. The molecule has 0 atom stereocenters. The predicted octanol–water partition coefficient (Wildman–Crippen LogP) is 2.39. The van der Waals surface area contributed by atoms with E-state index in [1.807, 2.05) is 17.5 Å². The Hall–Kier alpha value is -1.16. The summed E-state index contributed by atoms with van der Waals surface area (Å²) in [6, 6.07) is 4.04. The van der Waals surface area contributed by atoms with Crippen molar-refractivity contribution in [2.45, 2.75) is 26.7 Å². The Morgan fingerprint density at radius 2 is 2.27 bits per heavy atom. The number of hydrogen-bond acceptors (Lipinski definition) is 3. The summed E-state index contributed by atoms with van der Waals surface area (Å²) in [4.78, 5) is 12.5. The van der Waals surface area contributed by atoms with Crippen LogP contribution >= 0.6 is 11.3 Å². The maximum atomic E-state index is 11.4. The molecule has 0 unspecified atom stereocenters. The first kappa shape index (κ1) is 10.4. The molecule has 4 heteroatoms. The van der Waals surface area contributed by atoms with Crippen molar-refractivity contribution in [1.82, 2.24) is 5.43 Å². The molecule has 2 rings (SSSR count). The van der Waals surface area contributed by atoms with Crippen molar-refractivity contribution >= 4 is 23.0 Å². The normalized spacial score (nSPS) is 20.4. The standard InChI is InChI=1S/C11H14N2OS/c1-11(2)6-8(9-4-3-5-15-9)12-13-10(14)7-11/h3-5H,6-7H2,1-2H3,(H,13,14). The molecule has 1 aromatic rings. The quantitative estimate of drug-likeness (QED) is 0.778. The van der Waals surface area contributed by atoms with E-state index in [0.29, 0.717) is 6.42 Å². The Balaban J connectivity index is 2.29. The lowest BCUT2D eigenvalue weighted by molar-refractivity contribution is -0.122. The van der Waals surface area contributed by atoms with E-state index in [4.69, 9.17) is 0 Å². The summed E-state index contributed by atoms with van der Waals surface area (Å²) in [5.41, 5.74) is 3.57. The van der Waals surface area contributed by atoms with E-state index >= 15 is 0 Å². The van der Waals surface area contributed by atoms with Gasteiger partial charge in [0.15, 0.2) is 0 Å². The summed E-state index contributed by atoms with van der Waals surface area (Å²) in [6.07, 6.45) is 1.37. The van der Waals surface area contributed by atoms with Crippen LogP contribution in [0.5, 0.6) is 0 Å². The Labute approximate surface area is 93.2 Å². The minimum absolute atomic E-state index is 0.00607. The first-order chi connectivity index (χ1) is 7.07. The molecule has 1 N–H and O–H groups in total. The number of rotatable bonds is 1. The number of amides is 1. The van der Waals surface area contributed by atoms with Crippen molar-refractivity contribution in [3.8, 4) is 0 Å². The number of hydrazone groups is 1. The fourth-order valence-corrected chi connectivity index (χ4v) is 2.46. The predicted molar refractivity (Wildman–Crippen MR) is 62.0 cm³/mol. The molecule has 1 aromatic heterocycles. The van der Waals surface area contributed by atoms with E-state index in [1.54, 1.807) is 11.3 Å². The SMILES string of the molecule is CC1(C)CC(=O)NN=C(c2cccs2)C1. The van der Waals surface area contributed by atoms with Gasteiger partial charge in [-0.3, -0.25) is 4.79 Å². The number of nitrogens with one attached hydrogen (secondary N) is 1. The van der Waals surface area contributed by atoms with Gasteiger partial charge in [0, 0.05) is 6.42 Å². The van der Waals surface area contributed by atoms with Crippen molar-refractivity contribution in [2.24, 2.45) is 10.5 Å². The fourth-order valence-electron chi connectivity index (χ4n) is 1.74. The third-order valence-electron chi connectivity index (χ3n) is 2.41. The lowest BCUT2D eigenvalue weighted by atomic mass is 9.83. The zero-order valence-electron chi connectivity index (χ0n) is 8.91. The smallest absolute Gasteiger partial charge is 0.240 e. The van der Waals surface area contributed by atoms with Crippen LogP contribution in [0.2, 0.25) is 0 Å². The molecule has 2 heterocycles. The molecule has 0 aliphatic carbocycles. The molecule has 1 amide bonds. The molecule has 0 aromatic carbocycles. The van der Waals surface area contributed by atoms with E-state index in [9.17, 15) is 4.79 Å². The minimum Gasteiger partial charge on any atom is -0.273 e. The Morgan fingerprint density at radius 3 is 2.93 bits per heavy atom. The monoisotopic (exact) mass is 222 g/mol. The van der Waals surface area contributed by atoms with Crippen molar-refractivity contribution in [2.75, 3.05) is 0 Å². The molecule has 0 spiro atoms. The van der Waals surface area contributed by atoms with E-state index in [2.05, 4.69) is 24.4 Å². The molecular formula is C11H14N2OS. The van der Waals surface area contributed by atoms with Gasteiger partial charge < -0.3 is 0 Å². The number of hydrogen-bond donors (Lipinski definition) is 1. The molecule has 3 nitrogen and oxygen atoms in total. The third kappa shape index (κ3) is 2.45. The Kier molecular flexibility index (Phi) is 2.61. The van der Waals surface area contributed by atoms with E-state index in [0.717, 1.165) is 17.0 Å². The molecule has 1 aliphatic heterocycles. The van der Waals surface area contributed by atoms with Gasteiger partial charge in [0.2, 0.25) is 5.91 Å². The summed E-state index contributed by atoms with van der Waals surface area (Å²) in [6.45, 7) is 4.20. The topological polar surface area (TPSA) is 41.5 Å². The van der Waals surface area contributed by atoms with Gasteiger partial charge in [-0.25, -0.2) is 5.43 Å². The van der Waals surface area contributed by atoms with Gasteiger partial charge in [0.05, 0.1) is 10.6 Å². The van der Waals surface area contributed by atoms with Crippen LogP contribution in [0.25, 0.3) is 0 Å². The second-order valence-corrected chi connectivity index (χ2v) is 5.54. The number of nitrogens with zero attached hydrogens (tertiary/aromatic N) is 1. The molecule has 80 valence electrons. The highest BCUT2D eigenvalue weighted by Crippen LogP contribution is 2.29. The maximum Gasteiger partial charge on any atom is 0.240 e. The van der Waals surface area contributed by atoms with Crippen LogP contribution in [0.4, 0.5) is 0 Å². The van der Waals surface area contributed by atoms with Crippen LogP contribution in [-0.2, 0) is 4.79 Å². The van der Waals surface area contributed by atoms with Gasteiger partial charge in [-0.05, 0) is 23.3 Å². The van der Waals surface area contributed by atoms with Gasteiger partial charge >= 0.3 is 0 Å². The molecule has 0 saturated heterocycles. The Morgan fingerprint density at radius 1 is 1.47 bits per heavy atom. The number of carbonyl (C=O) groups excluding carboxylic acids is 1. The van der Waals surface area contributed by atoms with Gasteiger partial charge in [0.25, 0.3) is 0 Å². The zero-order valence-corrected chi connectivity index (χ0v) is 9.73. The van der Waals surface area contributed by atoms with Gasteiger partial charge in [-0.15, -0.1) is 11.3 Å². The molecular weight excluding hydrogens is 208 g/mol. The fraction of sp³-hybridized carbons (Fsp3) is 0.455. The highest BCUT2D eigenvalue weighted by molar-refractivity contribution is 7.12. The largest absolute Gasteiger partial charge is 0.273 e. The van der Waals surface area contributed by atoms with Crippen molar-refractivity contribution in [3.05, 3.63) is 22.4 Å². The zero-order chi connectivity index (χ0) is 10.9. The van der Waals surface area contributed by atoms with E-state index in [1.165, 1.54) is 0 Å². The summed E-state index contributed by atoms with van der Waals surface area (Å²) < 4.78 is 0. The summed E-state index contributed by atoms with van der Waals surface area (Å²) in [5, 5.41) is 6.20. The van der Waals surface area contributed by atoms with E-state index in [-0.39, 0.29) is 11.3 Å². The van der Waals surface area contributed by atoms with Crippen LogP contribution in [-0.4, -0.2) is 11.6 Å². The second kappa shape index (κ2) is 3.77. The Bertz CT molecular complexity index is 393. The third-order valence-corrected chi connectivity index (χ3v) is 3.33. The number of carbonyl (C=O) groups is 1. The molecule has 0 saturated carbocycles. The highest BCUT2D eigenvalue weighted by atomic mass is 32.1. The average molecular weight is 222 g/mol. The first-order valence-electron chi connectivity index (χ1n) is 4.96.